The van der Waals surface area contributed by atoms with Crippen LogP contribution in [-0.4, -0.2) is 68.0 Å². The van der Waals surface area contributed by atoms with Crippen molar-refractivity contribution in [3.63, 3.8) is 0 Å². The van der Waals surface area contributed by atoms with Crippen molar-refractivity contribution in [3.05, 3.63) is 89.5 Å². The SMILES string of the molecule is COC(=O)[C@@H](C)C[C@H](Cc1ccc(NC(=O)[C@H](CCCNC(N)=O)NC(=O)OCC2c3ccccc3-c3ccccc32)cc1)NC(=O)OC(C)(C)C. The van der Waals surface area contributed by atoms with E-state index in [4.69, 9.17) is 19.9 Å². The third-order valence-corrected chi connectivity index (χ3v) is 8.59. The maximum atomic E-state index is 13.5. The molecule has 0 aliphatic heterocycles. The average molecular weight is 716 g/mol. The van der Waals surface area contributed by atoms with Crippen molar-refractivity contribution in [2.45, 2.75) is 77.0 Å². The normalized spacial score (nSPS) is 13.7. The zero-order chi connectivity index (χ0) is 37.8. The van der Waals surface area contributed by atoms with Gasteiger partial charge in [0.15, 0.2) is 0 Å². The van der Waals surface area contributed by atoms with E-state index in [0.29, 0.717) is 24.9 Å². The van der Waals surface area contributed by atoms with E-state index in [0.717, 1.165) is 27.8 Å². The molecule has 0 spiro atoms. The molecule has 1 aliphatic rings. The van der Waals surface area contributed by atoms with E-state index < -0.39 is 47.7 Å². The number of nitrogens with one attached hydrogen (secondary N) is 4. The summed E-state index contributed by atoms with van der Waals surface area (Å²) in [5.74, 6) is -1.48. The fourth-order valence-electron chi connectivity index (χ4n) is 6.20. The first-order chi connectivity index (χ1) is 24.7. The Labute approximate surface area is 304 Å². The van der Waals surface area contributed by atoms with Crippen LogP contribution < -0.4 is 27.0 Å². The molecular formula is C39H49N5O8. The van der Waals surface area contributed by atoms with Gasteiger partial charge in [0.25, 0.3) is 0 Å². The fourth-order valence-corrected chi connectivity index (χ4v) is 6.20. The van der Waals surface area contributed by atoms with E-state index in [1.54, 1.807) is 52.0 Å². The number of alkyl carbamates (subject to hydrolysis) is 2. The molecule has 0 radical (unpaired) electrons. The van der Waals surface area contributed by atoms with Gasteiger partial charge < -0.3 is 41.2 Å². The quantitative estimate of drug-likeness (QED) is 0.0762. The van der Waals surface area contributed by atoms with E-state index in [2.05, 4.69) is 21.3 Å². The van der Waals surface area contributed by atoms with Crippen molar-refractivity contribution in [3.8, 4) is 11.1 Å². The Balaban J connectivity index is 1.40. The summed E-state index contributed by atoms with van der Waals surface area (Å²) in [6.45, 7) is 7.32. The molecule has 0 fully saturated rings. The van der Waals surface area contributed by atoms with E-state index >= 15 is 0 Å². The molecule has 0 aromatic heterocycles. The standard InChI is InChI=1S/C39H49N5O8/c1-24(35(46)50-5)21-27(43-38(49)52-39(2,3)4)22-25-16-18-26(19-17-25)42-34(45)33(15-10-20-41-36(40)47)44-37(48)51-23-32-30-13-8-6-11-28(30)29-12-7-9-14-31(29)32/h6-9,11-14,16-19,24,27,32-33H,10,15,20-23H2,1-5H3,(H,42,45)(H,43,49)(H,44,48)(H3,40,41,47)/t24-,27+,33-/m0/s1. The summed E-state index contributed by atoms with van der Waals surface area (Å²) in [5.41, 5.74) is 10.1. The maximum absolute atomic E-state index is 13.5. The van der Waals surface area contributed by atoms with Crippen molar-refractivity contribution in [1.82, 2.24) is 16.0 Å². The lowest BCUT2D eigenvalue weighted by atomic mass is 9.96. The minimum atomic E-state index is -0.979. The second-order valence-corrected chi connectivity index (χ2v) is 13.8. The van der Waals surface area contributed by atoms with Crippen molar-refractivity contribution < 1.29 is 38.2 Å². The highest BCUT2D eigenvalue weighted by atomic mass is 16.6. The van der Waals surface area contributed by atoms with E-state index in [9.17, 15) is 24.0 Å². The predicted molar refractivity (Wildman–Crippen MR) is 197 cm³/mol. The lowest BCUT2D eigenvalue weighted by Crippen LogP contribution is -2.44. The van der Waals surface area contributed by atoms with E-state index in [1.165, 1.54) is 7.11 Å². The molecule has 0 unspecified atom stereocenters. The average Bonchev–Trinajstić information content (AvgIpc) is 3.41. The Morgan fingerprint density at radius 2 is 1.46 bits per heavy atom. The summed E-state index contributed by atoms with van der Waals surface area (Å²) in [5, 5.41) is 10.9. The lowest BCUT2D eigenvalue weighted by Gasteiger charge is -2.25. The zero-order valence-electron chi connectivity index (χ0n) is 30.3. The molecule has 13 nitrogen and oxygen atoms in total. The lowest BCUT2D eigenvalue weighted by molar-refractivity contribution is -0.145. The van der Waals surface area contributed by atoms with E-state index in [-0.39, 0.29) is 31.5 Å². The molecule has 5 amide bonds. The van der Waals surface area contributed by atoms with Crippen LogP contribution in [0.1, 0.15) is 69.6 Å². The molecule has 13 heteroatoms. The Kier molecular flexibility index (Phi) is 13.6. The first-order valence-corrected chi connectivity index (χ1v) is 17.4. The molecule has 4 rings (SSSR count). The Morgan fingerprint density at radius 1 is 0.846 bits per heavy atom. The number of fused-ring (bicyclic) bond motifs is 3. The summed E-state index contributed by atoms with van der Waals surface area (Å²) in [6.07, 6.45) is -0.0830. The molecule has 3 atom stereocenters. The molecule has 0 saturated carbocycles. The Morgan fingerprint density at radius 3 is 2.04 bits per heavy atom. The number of carbonyl (C=O) groups excluding carboxylic acids is 5. The van der Waals surface area contributed by atoms with Gasteiger partial charge in [0.2, 0.25) is 5.91 Å². The van der Waals surface area contributed by atoms with Crippen molar-refractivity contribution >= 4 is 35.8 Å². The Hall–Kier alpha value is -5.59. The molecule has 0 heterocycles. The first kappa shape index (κ1) is 39.2. The molecule has 278 valence electrons. The maximum Gasteiger partial charge on any atom is 0.407 e. The number of benzene rings is 3. The van der Waals surface area contributed by atoms with E-state index in [1.807, 2.05) is 48.5 Å². The summed E-state index contributed by atoms with van der Waals surface area (Å²) in [7, 11) is 1.32. The van der Waals surface area contributed by atoms with Crippen LogP contribution in [0.15, 0.2) is 72.8 Å². The van der Waals surface area contributed by atoms with Crippen LogP contribution in [-0.2, 0) is 30.2 Å². The largest absolute Gasteiger partial charge is 0.469 e. The molecule has 52 heavy (non-hydrogen) atoms. The van der Waals surface area contributed by atoms with Crippen LogP contribution in [0, 0.1) is 5.92 Å². The summed E-state index contributed by atoms with van der Waals surface area (Å²) in [6, 6.07) is 20.9. The van der Waals surface area contributed by atoms with Gasteiger partial charge in [0.1, 0.15) is 18.2 Å². The minimum absolute atomic E-state index is 0.0844. The summed E-state index contributed by atoms with van der Waals surface area (Å²) < 4.78 is 16.0. The molecule has 0 bridgehead atoms. The smallest absolute Gasteiger partial charge is 0.407 e. The van der Waals surface area contributed by atoms with Crippen molar-refractivity contribution in [2.24, 2.45) is 11.7 Å². The number of anilines is 1. The minimum Gasteiger partial charge on any atom is -0.469 e. The highest BCUT2D eigenvalue weighted by molar-refractivity contribution is 5.96. The number of methoxy groups -OCH3 is 1. The number of esters is 1. The number of urea groups is 1. The van der Waals surface area contributed by atoms with Gasteiger partial charge in [-0.2, -0.15) is 0 Å². The second-order valence-electron chi connectivity index (χ2n) is 13.8. The number of carbonyl (C=O) groups is 5. The van der Waals surface area contributed by atoms with Gasteiger partial charge in [-0.05, 0) is 86.4 Å². The van der Waals surface area contributed by atoms with Gasteiger partial charge in [-0.1, -0.05) is 67.6 Å². The number of ether oxygens (including phenoxy) is 3. The van der Waals surface area contributed by atoms with Gasteiger partial charge in [-0.3, -0.25) is 9.59 Å². The third kappa shape index (κ3) is 11.5. The highest BCUT2D eigenvalue weighted by Crippen LogP contribution is 2.44. The van der Waals surface area contributed by atoms with Gasteiger partial charge >= 0.3 is 24.2 Å². The number of amides is 5. The van der Waals surface area contributed by atoms with Gasteiger partial charge in [0, 0.05) is 24.2 Å². The first-order valence-electron chi connectivity index (χ1n) is 17.4. The summed E-state index contributed by atoms with van der Waals surface area (Å²) in [4.78, 5) is 62.4. The van der Waals surface area contributed by atoms with Gasteiger partial charge in [-0.15, -0.1) is 0 Å². The topological polar surface area (TPSA) is 187 Å². The Bertz CT molecular complexity index is 1680. The number of rotatable bonds is 15. The van der Waals surface area contributed by atoms with Gasteiger partial charge in [-0.25, -0.2) is 14.4 Å². The monoisotopic (exact) mass is 715 g/mol. The van der Waals surface area contributed by atoms with Crippen LogP contribution in [0.3, 0.4) is 0 Å². The summed E-state index contributed by atoms with van der Waals surface area (Å²) >= 11 is 0. The highest BCUT2D eigenvalue weighted by Gasteiger charge is 2.30. The molecular weight excluding hydrogens is 666 g/mol. The van der Waals surface area contributed by atoms with Gasteiger partial charge in [0.05, 0.1) is 13.0 Å². The van der Waals surface area contributed by atoms with Crippen LogP contribution in [0.25, 0.3) is 11.1 Å². The van der Waals surface area contributed by atoms with Crippen LogP contribution in [0.4, 0.5) is 20.1 Å². The fraction of sp³-hybridized carbons (Fsp3) is 0.410. The second kappa shape index (κ2) is 18.1. The molecule has 0 saturated heterocycles. The van der Waals surface area contributed by atoms with Crippen molar-refractivity contribution in [2.75, 3.05) is 25.6 Å². The molecule has 6 N–H and O–H groups in total. The molecule has 1 aliphatic carbocycles. The number of hydrogen-bond acceptors (Lipinski definition) is 8. The predicted octanol–water partition coefficient (Wildman–Crippen LogP) is 5.62. The van der Waals surface area contributed by atoms with Crippen LogP contribution >= 0.6 is 0 Å². The van der Waals surface area contributed by atoms with Crippen LogP contribution in [0.5, 0.6) is 0 Å². The number of primary amides is 1. The zero-order valence-corrected chi connectivity index (χ0v) is 30.3. The number of nitrogens with two attached hydrogens (primary N) is 1. The number of hydrogen-bond donors (Lipinski definition) is 5. The molecule has 3 aromatic rings. The molecule has 3 aromatic carbocycles. The third-order valence-electron chi connectivity index (χ3n) is 8.59. The van der Waals surface area contributed by atoms with Crippen molar-refractivity contribution in [1.29, 1.82) is 0 Å². The van der Waals surface area contributed by atoms with Crippen LogP contribution in [0.2, 0.25) is 0 Å².